The zero-order valence-corrected chi connectivity index (χ0v) is 11.1. The number of hydrogen-bond donors (Lipinski definition) is 2. The van der Waals surface area contributed by atoms with Crippen LogP contribution in [0.25, 0.3) is 5.69 Å². The number of rotatable bonds is 3. The van der Waals surface area contributed by atoms with Crippen LogP contribution in [-0.4, -0.2) is 32.0 Å². The van der Waals surface area contributed by atoms with Crippen LogP contribution in [0, 0.1) is 0 Å². The molecule has 0 unspecified atom stereocenters. The van der Waals surface area contributed by atoms with Crippen molar-refractivity contribution in [3.05, 3.63) is 60.3 Å². The number of hydrogen-bond acceptors (Lipinski definition) is 6. The molecule has 2 aromatic heterocycles. The van der Waals surface area contributed by atoms with Gasteiger partial charge in [-0.25, -0.2) is 4.68 Å². The van der Waals surface area contributed by atoms with Crippen molar-refractivity contribution in [2.45, 2.75) is 0 Å². The van der Waals surface area contributed by atoms with Gasteiger partial charge in [0.2, 0.25) is 0 Å². The summed E-state index contributed by atoms with van der Waals surface area (Å²) in [5, 5.41) is 10.8. The van der Waals surface area contributed by atoms with E-state index in [-0.39, 0.29) is 0 Å². The number of nitrogens with zero attached hydrogens (tertiary/aromatic N) is 4. The quantitative estimate of drug-likeness (QED) is 0.673. The lowest BCUT2D eigenvalue weighted by atomic mass is 10.2. The van der Waals surface area contributed by atoms with Gasteiger partial charge in [-0.3, -0.25) is 20.4 Å². The molecule has 0 bridgehead atoms. The number of hydrazine groups is 1. The first-order chi connectivity index (χ1) is 10.7. The third kappa shape index (κ3) is 2.82. The molecule has 0 atom stereocenters. The van der Waals surface area contributed by atoms with E-state index in [0.29, 0.717) is 16.8 Å². The van der Waals surface area contributed by atoms with Gasteiger partial charge in [-0.1, -0.05) is 0 Å². The summed E-state index contributed by atoms with van der Waals surface area (Å²) in [4.78, 5) is 23.6. The van der Waals surface area contributed by atoms with Crippen LogP contribution in [0.2, 0.25) is 0 Å². The second-order valence-electron chi connectivity index (χ2n) is 4.22. The van der Waals surface area contributed by atoms with Crippen molar-refractivity contribution < 1.29 is 14.0 Å². The lowest BCUT2D eigenvalue weighted by molar-refractivity contribution is 0.0846. The van der Waals surface area contributed by atoms with Gasteiger partial charge in [-0.15, -0.1) is 5.10 Å². The first-order valence-corrected chi connectivity index (χ1v) is 6.20. The van der Waals surface area contributed by atoms with E-state index in [1.54, 1.807) is 24.3 Å². The zero-order valence-electron chi connectivity index (χ0n) is 11.1. The van der Waals surface area contributed by atoms with Crippen LogP contribution in [0.15, 0.2) is 53.6 Å². The molecule has 0 radical (unpaired) electrons. The summed E-state index contributed by atoms with van der Waals surface area (Å²) in [6.45, 7) is 0. The van der Waals surface area contributed by atoms with Crippen LogP contribution in [0.5, 0.6) is 0 Å². The number of furan rings is 1. The summed E-state index contributed by atoms with van der Waals surface area (Å²) in [5.41, 5.74) is 6.01. The van der Waals surface area contributed by atoms with E-state index < -0.39 is 11.8 Å². The molecule has 22 heavy (non-hydrogen) atoms. The van der Waals surface area contributed by atoms with E-state index in [1.165, 1.54) is 29.6 Å². The second kappa shape index (κ2) is 5.87. The molecule has 0 saturated carbocycles. The van der Waals surface area contributed by atoms with Gasteiger partial charge in [-0.05, 0) is 40.8 Å². The molecule has 0 aliphatic rings. The van der Waals surface area contributed by atoms with Crippen LogP contribution in [0.4, 0.5) is 0 Å². The highest BCUT2D eigenvalue weighted by Gasteiger charge is 2.10. The molecule has 0 spiro atoms. The normalized spacial score (nSPS) is 10.2. The highest BCUT2D eigenvalue weighted by molar-refractivity contribution is 5.98. The highest BCUT2D eigenvalue weighted by atomic mass is 16.3. The Bertz CT molecular complexity index is 765. The lowest BCUT2D eigenvalue weighted by Crippen LogP contribution is -2.41. The fourth-order valence-corrected chi connectivity index (χ4v) is 1.70. The summed E-state index contributed by atoms with van der Waals surface area (Å²) in [5.74, 6) is -0.910. The fraction of sp³-hybridized carbons (Fsp3) is 0. The summed E-state index contributed by atoms with van der Waals surface area (Å²) in [6.07, 6.45) is 4.09. The van der Waals surface area contributed by atoms with Gasteiger partial charge in [0.05, 0.1) is 17.5 Å². The maximum Gasteiger partial charge on any atom is 0.272 e. The molecular formula is C13H10N6O3. The van der Waals surface area contributed by atoms with E-state index in [0.717, 1.165) is 0 Å². The number of aromatic nitrogens is 4. The van der Waals surface area contributed by atoms with E-state index in [9.17, 15) is 9.59 Å². The molecule has 0 aliphatic heterocycles. The van der Waals surface area contributed by atoms with Crippen molar-refractivity contribution in [3.63, 3.8) is 0 Å². The molecule has 1 aromatic carbocycles. The van der Waals surface area contributed by atoms with Crippen molar-refractivity contribution in [2.24, 2.45) is 0 Å². The number of tetrazole rings is 1. The Kier molecular flexibility index (Phi) is 3.60. The Morgan fingerprint density at radius 1 is 1.00 bits per heavy atom. The molecule has 2 heterocycles. The van der Waals surface area contributed by atoms with Crippen LogP contribution < -0.4 is 10.9 Å². The number of carbonyl (C=O) groups excluding carboxylic acids is 2. The molecule has 9 heteroatoms. The van der Waals surface area contributed by atoms with Crippen LogP contribution in [0.3, 0.4) is 0 Å². The van der Waals surface area contributed by atoms with E-state index >= 15 is 0 Å². The third-order valence-electron chi connectivity index (χ3n) is 2.82. The Morgan fingerprint density at radius 3 is 2.32 bits per heavy atom. The van der Waals surface area contributed by atoms with Gasteiger partial charge >= 0.3 is 0 Å². The summed E-state index contributed by atoms with van der Waals surface area (Å²) >= 11 is 0. The van der Waals surface area contributed by atoms with Crippen molar-refractivity contribution in [3.8, 4) is 5.69 Å². The van der Waals surface area contributed by atoms with Crippen LogP contribution in [0.1, 0.15) is 20.7 Å². The van der Waals surface area contributed by atoms with Crippen molar-refractivity contribution in [2.75, 3.05) is 0 Å². The van der Waals surface area contributed by atoms with Crippen molar-refractivity contribution >= 4 is 11.8 Å². The van der Waals surface area contributed by atoms with Crippen molar-refractivity contribution in [1.29, 1.82) is 0 Å². The average molecular weight is 298 g/mol. The Labute approximate surface area is 123 Å². The monoisotopic (exact) mass is 298 g/mol. The van der Waals surface area contributed by atoms with Gasteiger partial charge in [0, 0.05) is 5.56 Å². The van der Waals surface area contributed by atoms with Crippen molar-refractivity contribution in [1.82, 2.24) is 31.1 Å². The largest absolute Gasteiger partial charge is 0.472 e. The fourth-order valence-electron chi connectivity index (χ4n) is 1.70. The van der Waals surface area contributed by atoms with Gasteiger partial charge in [-0.2, -0.15) is 0 Å². The Hall–Kier alpha value is -3.49. The molecule has 110 valence electrons. The number of benzene rings is 1. The number of amides is 2. The third-order valence-corrected chi connectivity index (χ3v) is 2.82. The topological polar surface area (TPSA) is 115 Å². The predicted molar refractivity (Wildman–Crippen MR) is 72.8 cm³/mol. The van der Waals surface area contributed by atoms with Gasteiger partial charge < -0.3 is 4.42 Å². The van der Waals surface area contributed by atoms with Gasteiger partial charge in [0.1, 0.15) is 12.6 Å². The second-order valence-corrected chi connectivity index (χ2v) is 4.22. The summed E-state index contributed by atoms with van der Waals surface area (Å²) < 4.78 is 6.24. The molecule has 2 amide bonds. The number of nitrogens with one attached hydrogen (secondary N) is 2. The van der Waals surface area contributed by atoms with Gasteiger partial charge in [0.15, 0.2) is 0 Å². The first kappa shape index (κ1) is 13.5. The minimum atomic E-state index is -0.465. The molecule has 3 rings (SSSR count). The minimum absolute atomic E-state index is 0.314. The first-order valence-electron chi connectivity index (χ1n) is 6.20. The lowest BCUT2D eigenvalue weighted by Gasteiger charge is -2.06. The maximum absolute atomic E-state index is 11.9. The minimum Gasteiger partial charge on any atom is -0.472 e. The Morgan fingerprint density at radius 2 is 1.73 bits per heavy atom. The molecule has 0 fully saturated rings. The summed E-state index contributed by atoms with van der Waals surface area (Å²) in [7, 11) is 0. The van der Waals surface area contributed by atoms with Crippen LogP contribution in [-0.2, 0) is 0 Å². The number of carbonyl (C=O) groups is 2. The molecular weight excluding hydrogens is 288 g/mol. The molecule has 0 saturated heterocycles. The molecule has 2 N–H and O–H groups in total. The summed E-state index contributed by atoms with van der Waals surface area (Å²) in [6, 6.07) is 8.04. The zero-order chi connectivity index (χ0) is 15.4. The Balaban J connectivity index is 1.62. The standard InChI is InChI=1S/C13H10N6O3/c20-12(15-16-13(21)10-5-6-22-7-10)9-1-3-11(4-2-9)19-8-14-17-18-19/h1-8H,(H,15,20)(H,16,21). The molecule has 0 aliphatic carbocycles. The maximum atomic E-state index is 11.9. The highest BCUT2D eigenvalue weighted by Crippen LogP contribution is 2.07. The van der Waals surface area contributed by atoms with E-state index in [2.05, 4.69) is 26.4 Å². The van der Waals surface area contributed by atoms with E-state index in [4.69, 9.17) is 4.42 Å². The van der Waals surface area contributed by atoms with Gasteiger partial charge in [0.25, 0.3) is 11.8 Å². The molecule has 3 aromatic rings. The molecule has 9 nitrogen and oxygen atoms in total. The van der Waals surface area contributed by atoms with E-state index in [1.807, 2.05) is 0 Å². The SMILES string of the molecule is O=C(NNC(=O)c1ccoc1)c1ccc(-n2cnnn2)cc1. The van der Waals surface area contributed by atoms with Crippen LogP contribution >= 0.6 is 0 Å². The smallest absolute Gasteiger partial charge is 0.272 e. The predicted octanol–water partition coefficient (Wildman–Crippen LogP) is 0.330. The average Bonchev–Trinajstić information content (AvgIpc) is 3.25.